The summed E-state index contributed by atoms with van der Waals surface area (Å²) >= 11 is 4.71. The fourth-order valence-electron chi connectivity index (χ4n) is 4.41. The maximum atomic E-state index is 12.8. The lowest BCUT2D eigenvalue weighted by Gasteiger charge is -2.20. The van der Waals surface area contributed by atoms with Gasteiger partial charge in [-0.15, -0.1) is 0 Å². The maximum absolute atomic E-state index is 12.8. The molecule has 1 fully saturated rings. The van der Waals surface area contributed by atoms with Crippen LogP contribution in [0.15, 0.2) is 50.5 Å². The van der Waals surface area contributed by atoms with Crippen LogP contribution in [0.5, 0.6) is 0 Å². The number of nitrogens with one attached hydrogen (secondary N) is 1. The van der Waals surface area contributed by atoms with Gasteiger partial charge in [0.1, 0.15) is 5.04 Å². The van der Waals surface area contributed by atoms with Crippen LogP contribution in [-0.2, 0) is 9.59 Å². The van der Waals surface area contributed by atoms with E-state index in [2.05, 4.69) is 30.6 Å². The highest BCUT2D eigenvalue weighted by Gasteiger charge is 2.36. The monoisotopic (exact) mass is 538 g/mol. The predicted molar refractivity (Wildman–Crippen MR) is 138 cm³/mol. The number of benzene rings is 1. The molecule has 4 heterocycles. The molecule has 8 nitrogen and oxygen atoms in total. The van der Waals surface area contributed by atoms with E-state index in [1.807, 2.05) is 49.1 Å². The van der Waals surface area contributed by atoms with E-state index >= 15 is 0 Å². The van der Waals surface area contributed by atoms with Crippen molar-refractivity contribution in [2.45, 2.75) is 33.1 Å². The Hall–Kier alpha value is -2.98. The molecule has 0 spiro atoms. The molecule has 1 aromatic heterocycles. The van der Waals surface area contributed by atoms with E-state index < -0.39 is 5.91 Å². The van der Waals surface area contributed by atoms with Gasteiger partial charge >= 0.3 is 0 Å². The van der Waals surface area contributed by atoms with Gasteiger partial charge in [-0.05, 0) is 74.4 Å². The van der Waals surface area contributed by atoms with Gasteiger partial charge in [0.25, 0.3) is 5.91 Å². The van der Waals surface area contributed by atoms with E-state index in [0.717, 1.165) is 53.0 Å². The van der Waals surface area contributed by atoms with Crippen LogP contribution in [0.4, 0.5) is 0 Å². The molecular formula is C24H23BrN6O2S. The van der Waals surface area contributed by atoms with E-state index in [0.29, 0.717) is 10.2 Å². The summed E-state index contributed by atoms with van der Waals surface area (Å²) < 4.78 is 3.08. The number of nitrogens with zero attached hydrogens (tertiary/aromatic N) is 5. The third-order valence-corrected chi connectivity index (χ3v) is 7.50. The highest BCUT2D eigenvalue weighted by molar-refractivity contribution is 9.10. The van der Waals surface area contributed by atoms with E-state index in [9.17, 15) is 9.59 Å². The highest BCUT2D eigenvalue weighted by Crippen LogP contribution is 2.31. The molecule has 1 aromatic carbocycles. The second kappa shape index (κ2) is 8.99. The number of carbonyl (C=O) groups is 2. The zero-order valence-corrected chi connectivity index (χ0v) is 21.2. The lowest BCUT2D eigenvalue weighted by atomic mass is 10.1. The van der Waals surface area contributed by atoms with Gasteiger partial charge in [0, 0.05) is 34.6 Å². The molecular weight excluding hydrogens is 516 g/mol. The summed E-state index contributed by atoms with van der Waals surface area (Å²) in [6.45, 7) is 5.55. The quantitative estimate of drug-likeness (QED) is 0.580. The topological polar surface area (TPSA) is 94.1 Å². The largest absolute Gasteiger partial charge is 0.342 e. The fourth-order valence-corrected chi connectivity index (χ4v) is 5.68. The number of aromatic nitrogens is 1. The average molecular weight is 539 g/mol. The summed E-state index contributed by atoms with van der Waals surface area (Å²) in [5, 5.41) is 15.3. The summed E-state index contributed by atoms with van der Waals surface area (Å²) in [4.78, 5) is 31.3. The number of hydrazone groups is 1. The summed E-state index contributed by atoms with van der Waals surface area (Å²) in [6.07, 6.45) is 3.92. The Labute approximate surface area is 210 Å². The van der Waals surface area contributed by atoms with Crippen LogP contribution < -0.4 is 0 Å². The molecule has 0 atom stereocenters. The number of halogens is 1. The first-order valence-corrected chi connectivity index (χ1v) is 12.6. The van der Waals surface area contributed by atoms with E-state index in [-0.39, 0.29) is 23.7 Å². The van der Waals surface area contributed by atoms with Crippen LogP contribution in [0.1, 0.15) is 36.2 Å². The van der Waals surface area contributed by atoms with Gasteiger partial charge in [-0.1, -0.05) is 22.0 Å². The van der Waals surface area contributed by atoms with Gasteiger partial charge in [-0.2, -0.15) is 15.1 Å². The van der Waals surface area contributed by atoms with Crippen molar-refractivity contribution >= 4 is 61.6 Å². The number of hydrogen-bond donors (Lipinski definition) is 1. The van der Waals surface area contributed by atoms with Crippen molar-refractivity contribution in [3.8, 4) is 5.69 Å². The smallest absolute Gasteiger partial charge is 0.283 e. The summed E-state index contributed by atoms with van der Waals surface area (Å²) in [5.74, 6) is -0.477. The van der Waals surface area contributed by atoms with E-state index in [1.165, 1.54) is 16.8 Å². The molecule has 0 bridgehead atoms. The van der Waals surface area contributed by atoms with Crippen molar-refractivity contribution in [3.05, 3.63) is 57.3 Å². The average Bonchev–Trinajstić information content (AvgIpc) is 3.51. The molecule has 3 aliphatic heterocycles. The molecule has 1 N–H and O–H groups in total. The Bertz CT molecular complexity index is 1320. The maximum Gasteiger partial charge on any atom is 0.283 e. The number of carbonyl (C=O) groups excluding carboxylic acids is 2. The van der Waals surface area contributed by atoms with Crippen LogP contribution in [0.2, 0.25) is 0 Å². The van der Waals surface area contributed by atoms with E-state index in [4.69, 9.17) is 5.41 Å². The first-order chi connectivity index (χ1) is 16.3. The van der Waals surface area contributed by atoms with Crippen LogP contribution in [-0.4, -0.2) is 55.4 Å². The minimum Gasteiger partial charge on any atom is -0.342 e. The minimum atomic E-state index is -0.474. The zero-order chi connectivity index (χ0) is 24.0. The Kier molecular flexibility index (Phi) is 6.03. The van der Waals surface area contributed by atoms with Gasteiger partial charge in [-0.25, -0.2) is 0 Å². The van der Waals surface area contributed by atoms with Gasteiger partial charge in [-0.3, -0.25) is 15.0 Å². The Balaban J connectivity index is 1.42. The molecule has 0 aliphatic carbocycles. The minimum absolute atomic E-state index is 0.0257. The normalized spacial score (nSPS) is 19.1. The SMILES string of the molecule is Cc1cc(C=C2C(=N)N3N=C(CC(=O)N4CCCC4)SC3=NC2=O)c(C)n1-c1cccc(Br)c1. The van der Waals surface area contributed by atoms with Crippen molar-refractivity contribution < 1.29 is 9.59 Å². The first kappa shape index (κ1) is 22.8. The Morgan fingerprint density at radius 1 is 1.24 bits per heavy atom. The molecule has 0 unspecified atom stereocenters. The lowest BCUT2D eigenvalue weighted by molar-refractivity contribution is -0.128. The number of thioether (sulfide) groups is 1. The summed E-state index contributed by atoms with van der Waals surface area (Å²) in [5.41, 5.74) is 3.99. The first-order valence-electron chi connectivity index (χ1n) is 11.0. The molecule has 3 aliphatic rings. The standard InChI is InChI=1S/C24H23BrN6O2S/c1-14-10-16(15(2)30(14)18-7-5-6-17(25)12-18)11-19-22(26)31-24(27-23(19)33)34-20(28-31)13-21(32)29-8-3-4-9-29/h5-7,10-12,26H,3-4,8-9,13H2,1-2H3. The third kappa shape index (κ3) is 4.16. The Morgan fingerprint density at radius 2 is 2.00 bits per heavy atom. The van der Waals surface area contributed by atoms with Crippen molar-refractivity contribution in [3.63, 3.8) is 0 Å². The van der Waals surface area contributed by atoms with Crippen molar-refractivity contribution in [1.29, 1.82) is 5.41 Å². The number of amides is 2. The van der Waals surface area contributed by atoms with Gasteiger partial charge in [0.2, 0.25) is 11.1 Å². The highest BCUT2D eigenvalue weighted by atomic mass is 79.9. The van der Waals surface area contributed by atoms with Gasteiger partial charge in [0.05, 0.1) is 12.0 Å². The van der Waals surface area contributed by atoms with Crippen LogP contribution in [0.25, 0.3) is 11.8 Å². The molecule has 174 valence electrons. The number of likely N-dealkylation sites (tertiary alicyclic amines) is 1. The van der Waals surface area contributed by atoms with Crippen molar-refractivity contribution in [2.24, 2.45) is 10.1 Å². The molecule has 2 aromatic rings. The van der Waals surface area contributed by atoms with Gasteiger partial charge in [0.15, 0.2) is 5.84 Å². The van der Waals surface area contributed by atoms with Crippen LogP contribution in [0, 0.1) is 19.3 Å². The number of aliphatic imine (C=N–C) groups is 1. The number of hydrogen-bond acceptors (Lipinski definition) is 5. The second-order valence-electron chi connectivity index (χ2n) is 8.42. The van der Waals surface area contributed by atoms with Crippen molar-refractivity contribution in [1.82, 2.24) is 14.5 Å². The van der Waals surface area contributed by atoms with Gasteiger partial charge < -0.3 is 9.47 Å². The molecule has 1 saturated heterocycles. The molecule has 2 amide bonds. The number of aryl methyl sites for hydroxylation is 1. The molecule has 5 rings (SSSR count). The number of amidine groups is 2. The summed E-state index contributed by atoms with van der Waals surface area (Å²) in [7, 11) is 0. The van der Waals surface area contributed by atoms with Crippen LogP contribution in [0.3, 0.4) is 0 Å². The Morgan fingerprint density at radius 3 is 2.74 bits per heavy atom. The molecule has 10 heteroatoms. The second-order valence-corrected chi connectivity index (χ2v) is 10.4. The molecule has 0 saturated carbocycles. The lowest BCUT2D eigenvalue weighted by Crippen LogP contribution is -2.35. The zero-order valence-electron chi connectivity index (χ0n) is 18.8. The molecule has 0 radical (unpaired) electrons. The van der Waals surface area contributed by atoms with Crippen molar-refractivity contribution in [2.75, 3.05) is 13.1 Å². The molecule has 34 heavy (non-hydrogen) atoms. The van der Waals surface area contributed by atoms with Crippen LogP contribution >= 0.6 is 27.7 Å². The fraction of sp³-hybridized carbons (Fsp3) is 0.292. The van der Waals surface area contributed by atoms with E-state index in [1.54, 1.807) is 6.08 Å². The summed E-state index contributed by atoms with van der Waals surface area (Å²) in [6, 6.07) is 9.99. The third-order valence-electron chi connectivity index (χ3n) is 6.09. The predicted octanol–water partition coefficient (Wildman–Crippen LogP) is 4.49. The number of rotatable bonds is 4. The number of fused-ring (bicyclic) bond motifs is 1.